The van der Waals surface area contributed by atoms with E-state index < -0.39 is 12.1 Å². The van der Waals surface area contributed by atoms with E-state index >= 15 is 0 Å². The second-order valence-corrected chi connectivity index (χ2v) is 5.74. The predicted molar refractivity (Wildman–Crippen MR) is 101 cm³/mol. The van der Waals surface area contributed by atoms with Crippen LogP contribution in [0, 0.1) is 0 Å². The molecule has 3 N–H and O–H groups in total. The Kier molecular flexibility index (Phi) is 7.64. The summed E-state index contributed by atoms with van der Waals surface area (Å²) >= 11 is 0. The summed E-state index contributed by atoms with van der Waals surface area (Å²) in [5.41, 5.74) is 1.94. The zero-order valence-electron chi connectivity index (χ0n) is 15.1. The van der Waals surface area contributed by atoms with E-state index in [0.717, 1.165) is 23.3 Å². The van der Waals surface area contributed by atoms with Crippen LogP contribution in [0.1, 0.15) is 24.1 Å². The topological polar surface area (TPSA) is 79.5 Å². The number of urea groups is 1. The first-order valence-electron chi connectivity index (χ1n) is 8.64. The number of carbonyl (C=O) groups excluding carboxylic acids is 2. The van der Waals surface area contributed by atoms with Crippen molar-refractivity contribution in [3.63, 3.8) is 0 Å². The highest BCUT2D eigenvalue weighted by molar-refractivity contribution is 5.97. The Hall–Kier alpha value is -2.86. The van der Waals surface area contributed by atoms with Crippen LogP contribution in [-0.4, -0.2) is 32.1 Å². The van der Waals surface area contributed by atoms with Crippen molar-refractivity contribution >= 4 is 11.9 Å². The fraction of sp³-hybridized carbons (Fsp3) is 0.300. The van der Waals surface area contributed by atoms with E-state index in [1.54, 1.807) is 14.0 Å². The van der Waals surface area contributed by atoms with Crippen LogP contribution in [0.5, 0.6) is 5.75 Å². The van der Waals surface area contributed by atoms with Crippen LogP contribution in [0.4, 0.5) is 4.79 Å². The number of amides is 3. The minimum atomic E-state index is -0.600. The van der Waals surface area contributed by atoms with Gasteiger partial charge < -0.3 is 15.4 Å². The van der Waals surface area contributed by atoms with E-state index in [4.69, 9.17) is 4.74 Å². The molecule has 6 heteroatoms. The van der Waals surface area contributed by atoms with Crippen LogP contribution in [0.3, 0.4) is 0 Å². The molecule has 0 saturated heterocycles. The first kappa shape index (κ1) is 19.5. The lowest BCUT2D eigenvalue weighted by molar-refractivity contribution is -0.122. The van der Waals surface area contributed by atoms with Gasteiger partial charge >= 0.3 is 6.03 Å². The summed E-state index contributed by atoms with van der Waals surface area (Å²) in [5.74, 6) is 0.432. The molecule has 0 heterocycles. The van der Waals surface area contributed by atoms with Crippen LogP contribution < -0.4 is 20.7 Å². The molecule has 0 aliphatic carbocycles. The van der Waals surface area contributed by atoms with Gasteiger partial charge in [-0.15, -0.1) is 0 Å². The van der Waals surface area contributed by atoms with Gasteiger partial charge in [-0.3, -0.25) is 10.1 Å². The summed E-state index contributed by atoms with van der Waals surface area (Å²) in [5, 5.41) is 8.18. The lowest BCUT2D eigenvalue weighted by Gasteiger charge is -2.18. The Morgan fingerprint density at radius 1 is 1.04 bits per heavy atom. The Morgan fingerprint density at radius 3 is 2.35 bits per heavy atom. The highest BCUT2D eigenvalue weighted by Crippen LogP contribution is 2.14. The molecule has 0 unspecified atom stereocenters. The van der Waals surface area contributed by atoms with Gasteiger partial charge in [0.2, 0.25) is 5.91 Å². The van der Waals surface area contributed by atoms with Gasteiger partial charge in [-0.25, -0.2) is 4.79 Å². The average Bonchev–Trinajstić information content (AvgIpc) is 2.66. The zero-order chi connectivity index (χ0) is 18.8. The number of hydrogen-bond acceptors (Lipinski definition) is 4. The van der Waals surface area contributed by atoms with Gasteiger partial charge in [0.25, 0.3) is 0 Å². The maximum Gasteiger partial charge on any atom is 0.321 e. The number of imide groups is 1. The highest BCUT2D eigenvalue weighted by atomic mass is 16.5. The summed E-state index contributed by atoms with van der Waals surface area (Å²) in [6.07, 6.45) is 0.752. The first-order chi connectivity index (χ1) is 12.6. The number of hydrogen-bond donors (Lipinski definition) is 3. The van der Waals surface area contributed by atoms with Gasteiger partial charge in [0.15, 0.2) is 0 Å². The third kappa shape index (κ3) is 5.89. The van der Waals surface area contributed by atoms with E-state index in [-0.39, 0.29) is 5.91 Å². The maximum atomic E-state index is 12.5. The van der Waals surface area contributed by atoms with Crippen molar-refractivity contribution in [2.75, 3.05) is 20.2 Å². The summed E-state index contributed by atoms with van der Waals surface area (Å²) in [6.45, 7) is 2.85. The Balaban J connectivity index is 1.99. The van der Waals surface area contributed by atoms with Crippen molar-refractivity contribution in [1.82, 2.24) is 16.0 Å². The van der Waals surface area contributed by atoms with Gasteiger partial charge in [-0.1, -0.05) is 42.5 Å². The number of methoxy groups -OCH3 is 1. The third-order valence-corrected chi connectivity index (χ3v) is 3.89. The minimum absolute atomic E-state index is 0.378. The molecule has 2 aromatic carbocycles. The third-order valence-electron chi connectivity index (χ3n) is 3.89. The van der Waals surface area contributed by atoms with Crippen LogP contribution in [0.2, 0.25) is 0 Å². The molecule has 2 rings (SSSR count). The van der Waals surface area contributed by atoms with Gasteiger partial charge in [0.1, 0.15) is 11.8 Å². The molecular weight excluding hydrogens is 330 g/mol. The molecule has 0 fully saturated rings. The van der Waals surface area contributed by atoms with E-state index in [0.29, 0.717) is 13.1 Å². The molecule has 0 bridgehead atoms. The van der Waals surface area contributed by atoms with Crippen molar-refractivity contribution in [3.05, 3.63) is 65.7 Å². The Labute approximate surface area is 153 Å². The zero-order valence-corrected chi connectivity index (χ0v) is 15.1. The van der Waals surface area contributed by atoms with E-state index in [1.807, 2.05) is 54.6 Å². The maximum absolute atomic E-state index is 12.5. The normalized spacial score (nSPS) is 11.5. The van der Waals surface area contributed by atoms with Crippen molar-refractivity contribution in [3.8, 4) is 5.75 Å². The van der Waals surface area contributed by atoms with Crippen molar-refractivity contribution in [2.24, 2.45) is 0 Å². The number of nitrogens with one attached hydrogen (secondary N) is 3. The van der Waals surface area contributed by atoms with Gasteiger partial charge in [0.05, 0.1) is 7.11 Å². The largest absolute Gasteiger partial charge is 0.497 e. The van der Waals surface area contributed by atoms with E-state index in [1.165, 1.54) is 0 Å². The summed E-state index contributed by atoms with van der Waals surface area (Å²) in [6, 6.07) is 16.1. The molecule has 0 aliphatic heterocycles. The molecule has 138 valence electrons. The quantitative estimate of drug-likeness (QED) is 0.679. The fourth-order valence-electron chi connectivity index (χ4n) is 2.55. The van der Waals surface area contributed by atoms with E-state index in [2.05, 4.69) is 16.0 Å². The monoisotopic (exact) mass is 355 g/mol. The number of carbonyl (C=O) groups is 2. The highest BCUT2D eigenvalue weighted by Gasteiger charge is 2.21. The van der Waals surface area contributed by atoms with Gasteiger partial charge in [-0.2, -0.15) is 0 Å². The second-order valence-electron chi connectivity index (χ2n) is 5.74. The lowest BCUT2D eigenvalue weighted by Crippen LogP contribution is -2.45. The number of benzene rings is 2. The molecular formula is C20H25N3O3. The number of rotatable bonds is 8. The van der Waals surface area contributed by atoms with Crippen molar-refractivity contribution in [2.45, 2.75) is 19.4 Å². The van der Waals surface area contributed by atoms with Crippen molar-refractivity contribution in [1.29, 1.82) is 0 Å². The molecule has 0 aromatic heterocycles. The fourth-order valence-corrected chi connectivity index (χ4v) is 2.55. The predicted octanol–water partition coefficient (Wildman–Crippen LogP) is 2.41. The molecule has 0 saturated carbocycles. The smallest absolute Gasteiger partial charge is 0.321 e. The molecule has 26 heavy (non-hydrogen) atoms. The molecule has 1 atom stereocenters. The van der Waals surface area contributed by atoms with Crippen LogP contribution in [-0.2, 0) is 11.2 Å². The SMILES string of the molecule is CCNC(=O)NC(=O)[C@H](NCCc1ccc(OC)cc1)c1ccccc1. The summed E-state index contributed by atoms with van der Waals surface area (Å²) in [7, 11) is 1.63. The standard InChI is InChI=1S/C20H25N3O3/c1-3-21-20(25)23-19(24)18(16-7-5-4-6-8-16)22-14-13-15-9-11-17(26-2)12-10-15/h4-12,18,22H,3,13-14H2,1-2H3,(H2,21,23,24,25)/t18-/m1/s1. The molecule has 2 aromatic rings. The molecule has 0 spiro atoms. The van der Waals surface area contributed by atoms with Crippen LogP contribution >= 0.6 is 0 Å². The van der Waals surface area contributed by atoms with Crippen LogP contribution in [0.25, 0.3) is 0 Å². The Bertz CT molecular complexity index is 702. The Morgan fingerprint density at radius 2 is 1.73 bits per heavy atom. The summed E-state index contributed by atoms with van der Waals surface area (Å²) < 4.78 is 5.15. The minimum Gasteiger partial charge on any atom is -0.497 e. The molecule has 3 amide bonds. The molecule has 0 radical (unpaired) electrons. The van der Waals surface area contributed by atoms with E-state index in [9.17, 15) is 9.59 Å². The molecule has 6 nitrogen and oxygen atoms in total. The van der Waals surface area contributed by atoms with Gasteiger partial charge in [0, 0.05) is 13.1 Å². The second kappa shape index (κ2) is 10.2. The summed E-state index contributed by atoms with van der Waals surface area (Å²) in [4.78, 5) is 24.2. The average molecular weight is 355 g/mol. The lowest BCUT2D eigenvalue weighted by atomic mass is 10.1. The van der Waals surface area contributed by atoms with Crippen LogP contribution in [0.15, 0.2) is 54.6 Å². The van der Waals surface area contributed by atoms with Gasteiger partial charge in [-0.05, 0) is 36.6 Å². The molecule has 0 aliphatic rings. The number of ether oxygens (including phenoxy) is 1. The van der Waals surface area contributed by atoms with Crippen molar-refractivity contribution < 1.29 is 14.3 Å². The first-order valence-corrected chi connectivity index (χ1v) is 8.64.